The summed E-state index contributed by atoms with van der Waals surface area (Å²) < 4.78 is 16.9. The molecule has 26 heavy (non-hydrogen) atoms. The number of carbonyl (C=O) groups is 1. The lowest BCUT2D eigenvalue weighted by molar-refractivity contribution is 0.0849. The van der Waals surface area contributed by atoms with Crippen LogP contribution in [-0.4, -0.2) is 20.0 Å². The number of hydrogen-bond acceptors (Lipinski definition) is 4. The number of methoxy groups -OCH3 is 2. The van der Waals surface area contributed by atoms with Gasteiger partial charge in [-0.25, -0.2) is 0 Å². The van der Waals surface area contributed by atoms with Crippen molar-refractivity contribution in [3.8, 4) is 17.2 Å². The minimum Gasteiger partial charge on any atom is -0.497 e. The summed E-state index contributed by atoms with van der Waals surface area (Å²) in [7, 11) is 3.29. The summed E-state index contributed by atoms with van der Waals surface area (Å²) in [4.78, 5) is 12.7. The Morgan fingerprint density at radius 1 is 1.12 bits per heavy atom. The normalized spacial score (nSPS) is 16.2. The predicted octanol–water partition coefficient (Wildman–Crippen LogP) is 5.00. The first-order chi connectivity index (χ1) is 12.5. The Balaban J connectivity index is 1.88. The Kier molecular flexibility index (Phi) is 5.50. The van der Waals surface area contributed by atoms with Crippen LogP contribution >= 0.6 is 0 Å². The van der Waals surface area contributed by atoms with Gasteiger partial charge in [0.05, 0.1) is 26.2 Å². The maximum atomic E-state index is 12.7. The van der Waals surface area contributed by atoms with E-state index in [0.717, 1.165) is 35.5 Å². The molecule has 0 spiro atoms. The summed E-state index contributed by atoms with van der Waals surface area (Å²) in [6, 6.07) is 11.5. The fraction of sp³-hybridized carbons (Fsp3) is 0.409. The van der Waals surface area contributed by atoms with Crippen molar-refractivity contribution in [3.05, 3.63) is 53.1 Å². The molecule has 1 heterocycles. The first kappa shape index (κ1) is 18.3. The van der Waals surface area contributed by atoms with E-state index >= 15 is 0 Å². The predicted molar refractivity (Wildman–Crippen MR) is 101 cm³/mol. The van der Waals surface area contributed by atoms with Gasteiger partial charge in [-0.15, -0.1) is 0 Å². The van der Waals surface area contributed by atoms with Gasteiger partial charge in [-0.1, -0.05) is 26.0 Å². The number of hydrogen-bond donors (Lipinski definition) is 0. The second-order valence-corrected chi connectivity index (χ2v) is 7.10. The van der Waals surface area contributed by atoms with Crippen LogP contribution in [0.1, 0.15) is 54.3 Å². The lowest BCUT2D eigenvalue weighted by Gasteiger charge is -2.27. The Hall–Kier alpha value is -2.49. The number of rotatable bonds is 6. The lowest BCUT2D eigenvalue weighted by atomic mass is 9.93. The summed E-state index contributed by atoms with van der Waals surface area (Å²) in [5.74, 6) is 2.88. The largest absolute Gasteiger partial charge is 0.497 e. The van der Waals surface area contributed by atoms with E-state index in [1.54, 1.807) is 14.2 Å². The standard InChI is InChI=1S/C22H26O4/c1-14(2)5-6-16-11-18-19(23)12-21(26-22(18)13-20(16)25-4)15-7-9-17(24-3)10-8-15/h7-11,13-14,21H,5-6,12H2,1-4H3. The van der Waals surface area contributed by atoms with Gasteiger partial charge in [0.1, 0.15) is 23.4 Å². The quantitative estimate of drug-likeness (QED) is 0.732. The molecule has 0 bridgehead atoms. The molecule has 2 aromatic carbocycles. The Bertz CT molecular complexity index is 777. The molecule has 138 valence electrons. The zero-order chi connectivity index (χ0) is 18.7. The van der Waals surface area contributed by atoms with E-state index in [2.05, 4.69) is 13.8 Å². The van der Waals surface area contributed by atoms with Gasteiger partial charge in [0, 0.05) is 6.07 Å². The van der Waals surface area contributed by atoms with Gasteiger partial charge in [0.2, 0.25) is 0 Å². The monoisotopic (exact) mass is 354 g/mol. The lowest BCUT2D eigenvalue weighted by Crippen LogP contribution is -2.21. The van der Waals surface area contributed by atoms with E-state index in [1.807, 2.05) is 36.4 Å². The smallest absolute Gasteiger partial charge is 0.170 e. The Morgan fingerprint density at radius 3 is 2.46 bits per heavy atom. The molecule has 0 radical (unpaired) electrons. The molecule has 0 saturated carbocycles. The number of carbonyl (C=O) groups excluding carboxylic acids is 1. The summed E-state index contributed by atoms with van der Waals surface area (Å²) in [5, 5.41) is 0. The molecule has 2 aromatic rings. The molecule has 0 aromatic heterocycles. The second-order valence-electron chi connectivity index (χ2n) is 7.10. The van der Waals surface area contributed by atoms with Crippen molar-refractivity contribution in [1.82, 2.24) is 0 Å². The third-order valence-electron chi connectivity index (χ3n) is 4.80. The van der Waals surface area contributed by atoms with Crippen LogP contribution in [-0.2, 0) is 6.42 Å². The van der Waals surface area contributed by atoms with Crippen LogP contribution in [0, 0.1) is 5.92 Å². The molecular weight excluding hydrogens is 328 g/mol. The highest BCUT2D eigenvalue weighted by molar-refractivity contribution is 6.00. The first-order valence-corrected chi connectivity index (χ1v) is 9.06. The van der Waals surface area contributed by atoms with E-state index in [4.69, 9.17) is 14.2 Å². The van der Waals surface area contributed by atoms with Crippen LogP contribution < -0.4 is 14.2 Å². The van der Waals surface area contributed by atoms with Crippen LogP contribution in [0.15, 0.2) is 36.4 Å². The second kappa shape index (κ2) is 7.81. The van der Waals surface area contributed by atoms with Crippen LogP contribution in [0.25, 0.3) is 0 Å². The van der Waals surface area contributed by atoms with Gasteiger partial charge >= 0.3 is 0 Å². The van der Waals surface area contributed by atoms with E-state index in [-0.39, 0.29) is 11.9 Å². The van der Waals surface area contributed by atoms with Crippen molar-refractivity contribution in [2.45, 2.75) is 39.2 Å². The van der Waals surface area contributed by atoms with Gasteiger partial charge in [0.25, 0.3) is 0 Å². The number of benzene rings is 2. The maximum absolute atomic E-state index is 12.7. The molecule has 1 aliphatic rings. The van der Waals surface area contributed by atoms with Gasteiger partial charge in [-0.05, 0) is 48.1 Å². The topological polar surface area (TPSA) is 44.8 Å². The van der Waals surface area contributed by atoms with Crippen molar-refractivity contribution in [3.63, 3.8) is 0 Å². The van der Waals surface area contributed by atoms with Crippen molar-refractivity contribution < 1.29 is 19.0 Å². The summed E-state index contributed by atoms with van der Waals surface area (Å²) in [5.41, 5.74) is 2.70. The average Bonchev–Trinajstić information content (AvgIpc) is 2.65. The molecule has 3 rings (SSSR count). The molecule has 0 N–H and O–H groups in total. The molecule has 1 aliphatic heterocycles. The number of fused-ring (bicyclic) bond motifs is 1. The molecule has 4 nitrogen and oxygen atoms in total. The van der Waals surface area contributed by atoms with Crippen molar-refractivity contribution in [2.75, 3.05) is 14.2 Å². The van der Waals surface area contributed by atoms with E-state index < -0.39 is 0 Å². The summed E-state index contributed by atoms with van der Waals surface area (Å²) in [6.45, 7) is 4.39. The van der Waals surface area contributed by atoms with Crippen LogP contribution in [0.3, 0.4) is 0 Å². The van der Waals surface area contributed by atoms with Crippen molar-refractivity contribution in [1.29, 1.82) is 0 Å². The molecule has 1 atom stereocenters. The SMILES string of the molecule is COc1ccc(C2CC(=O)c3cc(CCC(C)C)c(OC)cc3O2)cc1. The van der Waals surface area contributed by atoms with Gasteiger partial charge in [-0.2, -0.15) is 0 Å². The van der Waals surface area contributed by atoms with E-state index in [1.165, 1.54) is 0 Å². The van der Waals surface area contributed by atoms with Crippen LogP contribution in [0.2, 0.25) is 0 Å². The zero-order valence-electron chi connectivity index (χ0n) is 15.9. The minimum absolute atomic E-state index is 0.112. The number of Topliss-reactive ketones (excluding diaryl/α,β-unsaturated/α-hetero) is 1. The molecular formula is C22H26O4. The van der Waals surface area contributed by atoms with Crippen molar-refractivity contribution >= 4 is 5.78 Å². The average molecular weight is 354 g/mol. The highest BCUT2D eigenvalue weighted by atomic mass is 16.5. The molecule has 0 amide bonds. The van der Waals surface area contributed by atoms with Crippen LogP contribution in [0.4, 0.5) is 0 Å². The zero-order valence-corrected chi connectivity index (χ0v) is 15.9. The first-order valence-electron chi connectivity index (χ1n) is 9.06. The molecule has 1 unspecified atom stereocenters. The number of ether oxygens (including phenoxy) is 3. The number of aryl methyl sites for hydroxylation is 1. The Morgan fingerprint density at radius 2 is 1.85 bits per heavy atom. The van der Waals surface area contributed by atoms with Gasteiger partial charge in [0.15, 0.2) is 5.78 Å². The fourth-order valence-corrected chi connectivity index (χ4v) is 3.23. The van der Waals surface area contributed by atoms with Crippen LogP contribution in [0.5, 0.6) is 17.2 Å². The highest BCUT2D eigenvalue weighted by Crippen LogP contribution is 2.39. The summed E-state index contributed by atoms with van der Waals surface area (Å²) in [6.07, 6.45) is 2.00. The van der Waals surface area contributed by atoms with Crippen molar-refractivity contribution in [2.24, 2.45) is 5.92 Å². The molecule has 4 heteroatoms. The third-order valence-corrected chi connectivity index (χ3v) is 4.80. The van der Waals surface area contributed by atoms with Gasteiger partial charge < -0.3 is 14.2 Å². The third kappa shape index (κ3) is 3.85. The molecule has 0 fully saturated rings. The number of ketones is 1. The molecule has 0 saturated heterocycles. The highest BCUT2D eigenvalue weighted by Gasteiger charge is 2.29. The maximum Gasteiger partial charge on any atom is 0.170 e. The Labute approximate surface area is 155 Å². The minimum atomic E-state index is -0.285. The van der Waals surface area contributed by atoms with E-state index in [0.29, 0.717) is 23.7 Å². The molecule has 0 aliphatic carbocycles. The van der Waals surface area contributed by atoms with Gasteiger partial charge in [-0.3, -0.25) is 4.79 Å². The fourth-order valence-electron chi connectivity index (χ4n) is 3.23. The summed E-state index contributed by atoms with van der Waals surface area (Å²) >= 11 is 0. The van der Waals surface area contributed by atoms with E-state index in [9.17, 15) is 4.79 Å².